The van der Waals surface area contributed by atoms with Gasteiger partial charge in [-0.25, -0.2) is 0 Å². The number of imide groups is 2. The quantitative estimate of drug-likeness (QED) is 0.555. The zero-order valence-electron chi connectivity index (χ0n) is 12.2. The lowest BCUT2D eigenvalue weighted by Crippen LogP contribution is -2.28. The minimum atomic E-state index is -0.330. The lowest BCUT2D eigenvalue weighted by molar-refractivity contribution is -0.127. The number of nitrogens with one attached hydrogen (secondary N) is 2. The van der Waals surface area contributed by atoms with Gasteiger partial charge in [0.2, 0.25) is 23.6 Å². The summed E-state index contributed by atoms with van der Waals surface area (Å²) in [4.78, 5) is 46.9. The maximum atomic E-state index is 11.8. The van der Waals surface area contributed by atoms with E-state index in [4.69, 9.17) is 0 Å². The summed E-state index contributed by atoms with van der Waals surface area (Å²) in [5.41, 5.74) is 0. The van der Waals surface area contributed by atoms with Gasteiger partial charge >= 0.3 is 0 Å². The number of rotatable bonds is 2. The van der Waals surface area contributed by atoms with Gasteiger partial charge < -0.3 is 0 Å². The van der Waals surface area contributed by atoms with Crippen molar-refractivity contribution in [3.63, 3.8) is 0 Å². The third-order valence-electron chi connectivity index (χ3n) is 5.03. The van der Waals surface area contributed by atoms with Crippen LogP contribution in [0.4, 0.5) is 0 Å². The molecule has 6 atom stereocenters. The Hall–Kier alpha value is -1.89. The fraction of sp³-hybridized carbons (Fsp3) is 0.500. The zero-order valence-corrected chi connectivity index (χ0v) is 13.0. The molecule has 2 aliphatic carbocycles. The van der Waals surface area contributed by atoms with Crippen molar-refractivity contribution in [2.45, 2.75) is 23.3 Å². The molecule has 0 aromatic heterocycles. The Bertz CT molecular complexity index is 615. The van der Waals surface area contributed by atoms with E-state index in [0.29, 0.717) is 12.8 Å². The first-order chi connectivity index (χ1) is 11.0. The maximum Gasteiger partial charge on any atom is 0.234 e. The van der Waals surface area contributed by atoms with E-state index in [1.54, 1.807) is 11.8 Å². The monoisotopic (exact) mass is 332 g/mol. The highest BCUT2D eigenvalue weighted by Gasteiger charge is 2.45. The zero-order chi connectivity index (χ0) is 16.1. The Balaban J connectivity index is 1.44. The van der Waals surface area contributed by atoms with Gasteiger partial charge in [-0.1, -0.05) is 24.3 Å². The average molecular weight is 332 g/mol. The van der Waals surface area contributed by atoms with Crippen LogP contribution in [-0.2, 0) is 19.2 Å². The number of thioether (sulfide) groups is 1. The first-order valence-electron chi connectivity index (χ1n) is 7.74. The van der Waals surface area contributed by atoms with Crippen LogP contribution < -0.4 is 10.6 Å². The molecule has 2 N–H and O–H groups in total. The Morgan fingerprint density at radius 1 is 0.696 bits per heavy atom. The summed E-state index contributed by atoms with van der Waals surface area (Å²) in [6.45, 7) is 0. The van der Waals surface area contributed by atoms with Gasteiger partial charge in [0.1, 0.15) is 0 Å². The van der Waals surface area contributed by atoms with Crippen LogP contribution in [0.1, 0.15) is 12.8 Å². The van der Waals surface area contributed by atoms with Crippen molar-refractivity contribution in [1.29, 1.82) is 0 Å². The third-order valence-corrected chi connectivity index (χ3v) is 6.43. The van der Waals surface area contributed by atoms with Crippen molar-refractivity contribution in [2.75, 3.05) is 0 Å². The number of amides is 4. The van der Waals surface area contributed by atoms with Crippen LogP contribution in [-0.4, -0.2) is 34.1 Å². The summed E-state index contributed by atoms with van der Waals surface area (Å²) in [6, 6.07) is 0. The van der Waals surface area contributed by atoms with Crippen LogP contribution >= 0.6 is 11.8 Å². The predicted molar refractivity (Wildman–Crippen MR) is 82.9 cm³/mol. The number of carbonyl (C=O) groups is 4. The molecule has 0 aromatic carbocycles. The molecule has 0 aromatic rings. The fourth-order valence-electron chi connectivity index (χ4n) is 3.81. The van der Waals surface area contributed by atoms with E-state index in [1.807, 2.05) is 24.3 Å². The van der Waals surface area contributed by atoms with E-state index in [-0.39, 0.29) is 57.8 Å². The SMILES string of the molecule is O=C1NC(=O)C2CC(SC3C=CC4C(=O)NC(=O)C4C3)C=CC12. The molecule has 7 heteroatoms. The van der Waals surface area contributed by atoms with Gasteiger partial charge in [-0.3, -0.25) is 29.8 Å². The largest absolute Gasteiger partial charge is 0.296 e. The Morgan fingerprint density at radius 2 is 1.13 bits per heavy atom. The van der Waals surface area contributed by atoms with E-state index in [1.165, 1.54) is 0 Å². The standard InChI is InChI=1S/C16H16N2O4S/c19-13-9-3-1-7(5-11(9)15(21)17-13)23-8-2-4-10-12(6-8)16(22)18-14(10)20/h1-4,7-12H,5-6H2,(H,17,19,21)(H,18,20,22). The minimum Gasteiger partial charge on any atom is -0.296 e. The molecule has 23 heavy (non-hydrogen) atoms. The van der Waals surface area contributed by atoms with Crippen molar-refractivity contribution < 1.29 is 19.2 Å². The fourth-order valence-corrected chi connectivity index (χ4v) is 5.26. The van der Waals surface area contributed by atoms with Crippen LogP contribution in [0.25, 0.3) is 0 Å². The summed E-state index contributed by atoms with van der Waals surface area (Å²) < 4.78 is 0. The van der Waals surface area contributed by atoms with Crippen molar-refractivity contribution in [3.8, 4) is 0 Å². The van der Waals surface area contributed by atoms with Crippen LogP contribution in [0.15, 0.2) is 24.3 Å². The van der Waals surface area contributed by atoms with E-state index in [0.717, 1.165) is 0 Å². The van der Waals surface area contributed by atoms with E-state index < -0.39 is 0 Å². The molecule has 4 rings (SSSR count). The smallest absolute Gasteiger partial charge is 0.234 e. The third kappa shape index (κ3) is 2.43. The number of hydrogen-bond acceptors (Lipinski definition) is 5. The molecule has 0 bridgehead atoms. The lowest BCUT2D eigenvalue weighted by atomic mass is 9.85. The highest BCUT2D eigenvalue weighted by molar-refractivity contribution is 8.00. The molecule has 6 nitrogen and oxygen atoms in total. The molecule has 0 saturated carbocycles. The molecule has 2 heterocycles. The Morgan fingerprint density at radius 3 is 1.57 bits per heavy atom. The lowest BCUT2D eigenvalue weighted by Gasteiger charge is -2.29. The molecular formula is C16H16N2O4S. The highest BCUT2D eigenvalue weighted by atomic mass is 32.2. The highest BCUT2D eigenvalue weighted by Crippen LogP contribution is 2.40. The number of carbonyl (C=O) groups excluding carboxylic acids is 4. The van der Waals surface area contributed by atoms with Gasteiger partial charge in [-0.2, -0.15) is 0 Å². The maximum absolute atomic E-state index is 11.8. The van der Waals surface area contributed by atoms with Gasteiger partial charge in [0, 0.05) is 10.5 Å². The predicted octanol–water partition coefficient (Wildman–Crippen LogP) is 0.154. The first kappa shape index (κ1) is 14.7. The van der Waals surface area contributed by atoms with E-state index in [2.05, 4.69) is 10.6 Å². The average Bonchev–Trinajstić information content (AvgIpc) is 2.96. The number of fused-ring (bicyclic) bond motifs is 2. The Kier molecular flexibility index (Phi) is 3.41. The Labute approximate surface area is 137 Å². The molecule has 4 amide bonds. The van der Waals surface area contributed by atoms with Crippen LogP contribution in [0, 0.1) is 23.7 Å². The second-order valence-electron chi connectivity index (χ2n) is 6.43. The molecule has 2 saturated heterocycles. The van der Waals surface area contributed by atoms with Crippen LogP contribution in [0.3, 0.4) is 0 Å². The molecule has 0 spiro atoms. The summed E-state index contributed by atoms with van der Waals surface area (Å²) in [5, 5.41) is 5.04. The van der Waals surface area contributed by atoms with E-state index in [9.17, 15) is 19.2 Å². The normalized spacial score (nSPS) is 41.6. The van der Waals surface area contributed by atoms with Gasteiger partial charge in [-0.05, 0) is 12.8 Å². The minimum absolute atomic E-state index is 0.138. The molecule has 4 aliphatic rings. The molecule has 6 unspecified atom stereocenters. The second kappa shape index (κ2) is 5.33. The summed E-state index contributed by atoms with van der Waals surface area (Å²) in [6.07, 6.45) is 8.90. The van der Waals surface area contributed by atoms with Crippen molar-refractivity contribution in [3.05, 3.63) is 24.3 Å². The molecular weight excluding hydrogens is 316 g/mol. The van der Waals surface area contributed by atoms with Gasteiger partial charge in [-0.15, -0.1) is 11.8 Å². The molecule has 2 fully saturated rings. The van der Waals surface area contributed by atoms with Crippen molar-refractivity contribution >= 4 is 35.4 Å². The van der Waals surface area contributed by atoms with Gasteiger partial charge in [0.15, 0.2) is 0 Å². The molecule has 2 aliphatic heterocycles. The van der Waals surface area contributed by atoms with Gasteiger partial charge in [0.25, 0.3) is 0 Å². The van der Waals surface area contributed by atoms with Crippen molar-refractivity contribution in [1.82, 2.24) is 10.6 Å². The van der Waals surface area contributed by atoms with Gasteiger partial charge in [0.05, 0.1) is 23.7 Å². The molecule has 120 valence electrons. The summed E-state index contributed by atoms with van der Waals surface area (Å²) >= 11 is 1.69. The van der Waals surface area contributed by atoms with Crippen LogP contribution in [0.2, 0.25) is 0 Å². The topological polar surface area (TPSA) is 92.3 Å². The summed E-state index contributed by atoms with van der Waals surface area (Å²) in [7, 11) is 0. The summed E-state index contributed by atoms with van der Waals surface area (Å²) in [5.74, 6) is -2.00. The number of hydrogen-bond donors (Lipinski definition) is 2. The van der Waals surface area contributed by atoms with Crippen LogP contribution in [0.5, 0.6) is 0 Å². The van der Waals surface area contributed by atoms with Crippen molar-refractivity contribution in [2.24, 2.45) is 23.7 Å². The second-order valence-corrected chi connectivity index (χ2v) is 7.91. The first-order valence-corrected chi connectivity index (χ1v) is 8.69. The van der Waals surface area contributed by atoms with E-state index >= 15 is 0 Å². The molecule has 0 radical (unpaired) electrons.